The van der Waals surface area contributed by atoms with E-state index in [1.807, 2.05) is 0 Å². The zero-order chi connectivity index (χ0) is 14.5. The van der Waals surface area contributed by atoms with E-state index in [9.17, 15) is 0 Å². The highest BCUT2D eigenvalue weighted by atomic mass is 79.9. The van der Waals surface area contributed by atoms with Crippen molar-refractivity contribution in [3.8, 4) is 0 Å². The predicted octanol–water partition coefficient (Wildman–Crippen LogP) is 4.95. The van der Waals surface area contributed by atoms with Gasteiger partial charge in [-0.25, -0.2) is 4.98 Å². The fourth-order valence-electron chi connectivity index (χ4n) is 3.39. The molecule has 1 atom stereocenters. The van der Waals surface area contributed by atoms with E-state index >= 15 is 0 Å². The van der Waals surface area contributed by atoms with Gasteiger partial charge >= 0.3 is 0 Å². The fraction of sp³-hybridized carbons (Fsp3) is 0.588. The van der Waals surface area contributed by atoms with Gasteiger partial charge in [0.05, 0.1) is 5.69 Å². The summed E-state index contributed by atoms with van der Waals surface area (Å²) >= 11 is 3.65. The van der Waals surface area contributed by atoms with E-state index in [1.165, 1.54) is 34.4 Å². The lowest BCUT2D eigenvalue weighted by molar-refractivity contribution is 0.180. The summed E-state index contributed by atoms with van der Waals surface area (Å²) in [5.74, 6) is 0.762. The number of imidazole rings is 1. The average Bonchev–Trinajstić information content (AvgIpc) is 2.81. The average molecular weight is 335 g/mol. The van der Waals surface area contributed by atoms with Crippen LogP contribution in [0.3, 0.4) is 0 Å². The van der Waals surface area contributed by atoms with Crippen molar-refractivity contribution in [1.29, 1.82) is 0 Å². The summed E-state index contributed by atoms with van der Waals surface area (Å²) in [6, 6.07) is 4.23. The summed E-state index contributed by atoms with van der Waals surface area (Å²) in [6.45, 7) is 9.31. The number of hydrogen-bond donors (Lipinski definition) is 0. The van der Waals surface area contributed by atoms with Gasteiger partial charge in [0, 0.05) is 15.9 Å². The highest BCUT2D eigenvalue weighted by Gasteiger charge is 2.33. The third kappa shape index (κ3) is 2.11. The van der Waals surface area contributed by atoms with Gasteiger partial charge in [-0.05, 0) is 65.6 Å². The number of aromatic nitrogens is 2. The molecule has 0 saturated carbocycles. The van der Waals surface area contributed by atoms with Crippen molar-refractivity contribution < 1.29 is 0 Å². The molecule has 3 rings (SSSR count). The van der Waals surface area contributed by atoms with Crippen LogP contribution in [0.2, 0.25) is 0 Å². The Morgan fingerprint density at radius 2 is 2.15 bits per heavy atom. The molecule has 0 radical (unpaired) electrons. The second kappa shape index (κ2) is 4.87. The number of fused-ring (bicyclic) bond motifs is 3. The molecule has 0 aromatic carbocycles. The Balaban J connectivity index is 2.10. The highest BCUT2D eigenvalue weighted by molar-refractivity contribution is 9.10. The van der Waals surface area contributed by atoms with E-state index in [1.54, 1.807) is 0 Å². The molecule has 2 aromatic heterocycles. The highest BCUT2D eigenvalue weighted by Crippen LogP contribution is 2.40. The Morgan fingerprint density at radius 3 is 2.85 bits per heavy atom. The molecular weight excluding hydrogens is 312 g/mol. The van der Waals surface area contributed by atoms with Crippen LogP contribution in [-0.4, -0.2) is 9.38 Å². The molecule has 3 heteroatoms. The van der Waals surface area contributed by atoms with Crippen molar-refractivity contribution in [2.45, 2.75) is 53.4 Å². The molecule has 2 aromatic rings. The van der Waals surface area contributed by atoms with Crippen molar-refractivity contribution in [2.75, 3.05) is 0 Å². The molecule has 2 heterocycles. The first-order valence-electron chi connectivity index (χ1n) is 7.59. The molecule has 108 valence electrons. The lowest BCUT2D eigenvalue weighted by atomic mass is 9.70. The Kier molecular flexibility index (Phi) is 3.44. The quantitative estimate of drug-likeness (QED) is 0.759. The Labute approximate surface area is 129 Å². The van der Waals surface area contributed by atoms with Gasteiger partial charge in [-0.1, -0.05) is 27.2 Å². The molecule has 0 fully saturated rings. The smallest absolute Gasteiger partial charge is 0.137 e. The minimum atomic E-state index is 0.418. The monoisotopic (exact) mass is 334 g/mol. The van der Waals surface area contributed by atoms with Gasteiger partial charge in [0.25, 0.3) is 0 Å². The molecule has 20 heavy (non-hydrogen) atoms. The molecule has 1 aliphatic carbocycles. The number of pyridine rings is 1. The van der Waals surface area contributed by atoms with Gasteiger partial charge in [-0.3, -0.25) is 4.40 Å². The van der Waals surface area contributed by atoms with Gasteiger partial charge in [0.2, 0.25) is 0 Å². The van der Waals surface area contributed by atoms with E-state index in [0.717, 1.165) is 24.4 Å². The van der Waals surface area contributed by atoms with E-state index in [4.69, 9.17) is 4.98 Å². The third-order valence-electron chi connectivity index (χ3n) is 5.33. The summed E-state index contributed by atoms with van der Waals surface area (Å²) in [7, 11) is 0. The second-order valence-corrected chi connectivity index (χ2v) is 7.60. The normalized spacial score (nSPS) is 19.4. The zero-order valence-corrected chi connectivity index (χ0v) is 14.4. The number of nitrogens with zero attached hydrogens (tertiary/aromatic N) is 2. The van der Waals surface area contributed by atoms with E-state index < -0.39 is 0 Å². The van der Waals surface area contributed by atoms with Crippen LogP contribution in [0.15, 0.2) is 16.6 Å². The lowest BCUT2D eigenvalue weighted by Crippen LogP contribution is -2.29. The number of aryl methyl sites for hydroxylation is 2. The number of halogens is 1. The van der Waals surface area contributed by atoms with Crippen LogP contribution in [-0.2, 0) is 12.8 Å². The Hall–Kier alpha value is -0.830. The van der Waals surface area contributed by atoms with Gasteiger partial charge in [0.15, 0.2) is 0 Å². The van der Waals surface area contributed by atoms with Crippen LogP contribution in [0.4, 0.5) is 0 Å². The topological polar surface area (TPSA) is 17.3 Å². The Bertz CT molecular complexity index is 655. The molecular formula is C17H23BrN2. The standard InChI is InChI=1S/C17H23BrN2/c1-5-17(3,4)12-6-8-14-15(10-12)20-11(2)13(18)7-9-16(20)19-14/h7,9,12H,5-6,8,10H2,1-4H3. The minimum Gasteiger partial charge on any atom is -0.300 e. The lowest BCUT2D eigenvalue weighted by Gasteiger charge is -2.36. The van der Waals surface area contributed by atoms with Crippen molar-refractivity contribution in [1.82, 2.24) is 9.38 Å². The van der Waals surface area contributed by atoms with Crippen LogP contribution in [0.1, 0.15) is 50.7 Å². The summed E-state index contributed by atoms with van der Waals surface area (Å²) in [5, 5.41) is 0. The van der Waals surface area contributed by atoms with Crippen molar-refractivity contribution >= 4 is 21.6 Å². The molecule has 1 aliphatic rings. The van der Waals surface area contributed by atoms with Crippen LogP contribution in [0.25, 0.3) is 5.65 Å². The first-order valence-corrected chi connectivity index (χ1v) is 8.38. The summed E-state index contributed by atoms with van der Waals surface area (Å²) < 4.78 is 3.53. The molecule has 1 unspecified atom stereocenters. The molecule has 0 spiro atoms. The van der Waals surface area contributed by atoms with Crippen LogP contribution < -0.4 is 0 Å². The predicted molar refractivity (Wildman–Crippen MR) is 87.2 cm³/mol. The van der Waals surface area contributed by atoms with Gasteiger partial charge in [0.1, 0.15) is 5.65 Å². The van der Waals surface area contributed by atoms with Crippen molar-refractivity contribution in [3.05, 3.63) is 33.7 Å². The van der Waals surface area contributed by atoms with E-state index in [2.05, 4.69) is 60.2 Å². The first-order chi connectivity index (χ1) is 9.44. The van der Waals surface area contributed by atoms with Crippen LogP contribution in [0.5, 0.6) is 0 Å². The van der Waals surface area contributed by atoms with E-state index in [0.29, 0.717) is 5.41 Å². The minimum absolute atomic E-state index is 0.418. The molecule has 0 bridgehead atoms. The maximum absolute atomic E-state index is 4.84. The maximum atomic E-state index is 4.84. The van der Waals surface area contributed by atoms with Crippen LogP contribution >= 0.6 is 15.9 Å². The van der Waals surface area contributed by atoms with Gasteiger partial charge < -0.3 is 0 Å². The van der Waals surface area contributed by atoms with Crippen molar-refractivity contribution in [3.63, 3.8) is 0 Å². The Morgan fingerprint density at radius 1 is 1.40 bits per heavy atom. The second-order valence-electron chi connectivity index (χ2n) is 6.75. The molecule has 2 nitrogen and oxygen atoms in total. The first kappa shape index (κ1) is 14.1. The van der Waals surface area contributed by atoms with Crippen LogP contribution in [0, 0.1) is 18.3 Å². The summed E-state index contributed by atoms with van der Waals surface area (Å²) in [4.78, 5) is 4.84. The SMILES string of the molecule is CCC(C)(C)C1CCc2nc3ccc(Br)c(C)n3c2C1. The summed E-state index contributed by atoms with van der Waals surface area (Å²) in [5.41, 5.74) is 5.55. The molecule has 0 saturated heterocycles. The van der Waals surface area contributed by atoms with E-state index in [-0.39, 0.29) is 0 Å². The fourth-order valence-corrected chi connectivity index (χ4v) is 3.70. The molecule has 0 N–H and O–H groups in total. The number of rotatable bonds is 2. The van der Waals surface area contributed by atoms with Gasteiger partial charge in [-0.2, -0.15) is 0 Å². The zero-order valence-electron chi connectivity index (χ0n) is 12.8. The molecule has 0 amide bonds. The summed E-state index contributed by atoms with van der Waals surface area (Å²) in [6.07, 6.45) is 4.81. The van der Waals surface area contributed by atoms with Crippen molar-refractivity contribution in [2.24, 2.45) is 11.3 Å². The largest absolute Gasteiger partial charge is 0.300 e. The number of hydrogen-bond acceptors (Lipinski definition) is 1. The third-order valence-corrected chi connectivity index (χ3v) is 6.17. The maximum Gasteiger partial charge on any atom is 0.137 e. The molecule has 0 aliphatic heterocycles. The van der Waals surface area contributed by atoms with Gasteiger partial charge in [-0.15, -0.1) is 0 Å².